The molecule has 0 atom stereocenters. The van der Waals surface area contributed by atoms with Crippen molar-refractivity contribution >= 4 is 11.7 Å². The quantitative estimate of drug-likeness (QED) is 0.868. The molecule has 1 aliphatic carbocycles. The van der Waals surface area contributed by atoms with Crippen molar-refractivity contribution in [2.24, 2.45) is 10.8 Å². The van der Waals surface area contributed by atoms with Gasteiger partial charge in [-0.15, -0.1) is 0 Å². The Balaban J connectivity index is 2.11. The predicted octanol–water partition coefficient (Wildman–Crippen LogP) is 3.07. The van der Waals surface area contributed by atoms with Gasteiger partial charge in [0.25, 0.3) is 5.91 Å². The molecule has 4 nitrogen and oxygen atoms in total. The summed E-state index contributed by atoms with van der Waals surface area (Å²) >= 11 is 0. The van der Waals surface area contributed by atoms with E-state index < -0.39 is 0 Å². The van der Waals surface area contributed by atoms with Crippen molar-refractivity contribution < 1.29 is 4.79 Å². The number of hydrogen-bond acceptors (Lipinski definition) is 3. The lowest BCUT2D eigenvalue weighted by Crippen LogP contribution is -2.30. The van der Waals surface area contributed by atoms with Crippen LogP contribution in [0.25, 0.3) is 0 Å². The van der Waals surface area contributed by atoms with Crippen LogP contribution in [-0.2, 0) is 0 Å². The SMILES string of the molecule is CCCNc1ncccc1C(=O)NC1C(C)(C)C1(C)C. The number of hydrogen-bond donors (Lipinski definition) is 2. The predicted molar refractivity (Wildman–Crippen MR) is 81.8 cm³/mol. The molecule has 0 unspecified atom stereocenters. The van der Waals surface area contributed by atoms with E-state index in [0.29, 0.717) is 11.4 Å². The first-order valence-electron chi connectivity index (χ1n) is 7.32. The smallest absolute Gasteiger partial charge is 0.255 e. The van der Waals surface area contributed by atoms with E-state index in [2.05, 4.69) is 50.2 Å². The van der Waals surface area contributed by atoms with E-state index in [9.17, 15) is 4.79 Å². The van der Waals surface area contributed by atoms with E-state index >= 15 is 0 Å². The minimum atomic E-state index is -0.0413. The van der Waals surface area contributed by atoms with E-state index in [0.717, 1.165) is 13.0 Å². The van der Waals surface area contributed by atoms with Crippen LogP contribution in [0, 0.1) is 10.8 Å². The van der Waals surface area contributed by atoms with Crippen molar-refractivity contribution in [2.75, 3.05) is 11.9 Å². The minimum absolute atomic E-state index is 0.0413. The highest BCUT2D eigenvalue weighted by Gasteiger charge is 2.65. The van der Waals surface area contributed by atoms with Gasteiger partial charge in [-0.2, -0.15) is 0 Å². The fourth-order valence-electron chi connectivity index (χ4n) is 2.74. The molecule has 1 amide bonds. The maximum absolute atomic E-state index is 12.5. The Morgan fingerprint density at radius 3 is 2.50 bits per heavy atom. The second kappa shape index (κ2) is 5.08. The Kier molecular flexibility index (Phi) is 3.76. The van der Waals surface area contributed by atoms with Gasteiger partial charge in [0.05, 0.1) is 5.56 Å². The number of amides is 1. The first kappa shape index (κ1) is 14.8. The first-order chi connectivity index (χ1) is 9.32. The van der Waals surface area contributed by atoms with Crippen LogP contribution in [0.3, 0.4) is 0 Å². The van der Waals surface area contributed by atoms with Crippen molar-refractivity contribution in [3.05, 3.63) is 23.9 Å². The number of rotatable bonds is 5. The highest BCUT2D eigenvalue weighted by molar-refractivity contribution is 5.99. The van der Waals surface area contributed by atoms with Crippen molar-refractivity contribution in [2.45, 2.75) is 47.1 Å². The third-order valence-corrected chi connectivity index (χ3v) is 4.89. The van der Waals surface area contributed by atoms with E-state index in [4.69, 9.17) is 0 Å². The minimum Gasteiger partial charge on any atom is -0.369 e. The summed E-state index contributed by atoms with van der Waals surface area (Å²) < 4.78 is 0. The molecule has 1 aromatic rings. The average molecular weight is 275 g/mol. The summed E-state index contributed by atoms with van der Waals surface area (Å²) in [6, 6.07) is 3.83. The summed E-state index contributed by atoms with van der Waals surface area (Å²) in [6.07, 6.45) is 2.71. The van der Waals surface area contributed by atoms with Crippen molar-refractivity contribution in [1.82, 2.24) is 10.3 Å². The number of carbonyl (C=O) groups excluding carboxylic acids is 1. The van der Waals surface area contributed by atoms with Gasteiger partial charge in [-0.05, 0) is 29.4 Å². The maximum Gasteiger partial charge on any atom is 0.255 e. The van der Waals surface area contributed by atoms with Gasteiger partial charge in [0.15, 0.2) is 0 Å². The van der Waals surface area contributed by atoms with Crippen LogP contribution < -0.4 is 10.6 Å². The zero-order valence-corrected chi connectivity index (χ0v) is 13.1. The van der Waals surface area contributed by atoms with E-state index in [1.807, 2.05) is 6.07 Å². The maximum atomic E-state index is 12.5. The highest BCUT2D eigenvalue weighted by Crippen LogP contribution is 2.62. The third kappa shape index (κ3) is 2.39. The van der Waals surface area contributed by atoms with Crippen LogP contribution in [0.5, 0.6) is 0 Å². The van der Waals surface area contributed by atoms with Crippen molar-refractivity contribution in [3.8, 4) is 0 Å². The van der Waals surface area contributed by atoms with E-state index in [1.165, 1.54) is 0 Å². The number of nitrogens with one attached hydrogen (secondary N) is 2. The van der Waals surface area contributed by atoms with Crippen molar-refractivity contribution in [3.63, 3.8) is 0 Å². The summed E-state index contributed by atoms with van der Waals surface area (Å²) in [4.78, 5) is 16.7. The van der Waals surface area contributed by atoms with Gasteiger partial charge >= 0.3 is 0 Å². The molecule has 1 fully saturated rings. The second-order valence-electron chi connectivity index (χ2n) is 6.68. The molecule has 1 aliphatic rings. The fraction of sp³-hybridized carbons (Fsp3) is 0.625. The van der Waals surface area contributed by atoms with Crippen LogP contribution in [0.15, 0.2) is 18.3 Å². The zero-order chi connectivity index (χ0) is 15.0. The van der Waals surface area contributed by atoms with Crippen LogP contribution in [0.2, 0.25) is 0 Å². The summed E-state index contributed by atoms with van der Waals surface area (Å²) in [7, 11) is 0. The molecule has 1 saturated carbocycles. The van der Waals surface area contributed by atoms with Gasteiger partial charge in [0.1, 0.15) is 5.82 Å². The highest BCUT2D eigenvalue weighted by atomic mass is 16.1. The topological polar surface area (TPSA) is 54.0 Å². The molecular formula is C16H25N3O. The van der Waals surface area contributed by atoms with Crippen molar-refractivity contribution in [1.29, 1.82) is 0 Å². The van der Waals surface area contributed by atoms with E-state index in [-0.39, 0.29) is 22.8 Å². The van der Waals surface area contributed by atoms with Gasteiger partial charge in [-0.1, -0.05) is 34.6 Å². The van der Waals surface area contributed by atoms with Gasteiger partial charge in [-0.3, -0.25) is 4.79 Å². The molecule has 110 valence electrons. The molecule has 2 rings (SSSR count). The van der Waals surface area contributed by atoms with Gasteiger partial charge in [0, 0.05) is 18.8 Å². The van der Waals surface area contributed by atoms with Gasteiger partial charge < -0.3 is 10.6 Å². The third-order valence-electron chi connectivity index (χ3n) is 4.89. The molecule has 0 aromatic carbocycles. The lowest BCUT2D eigenvalue weighted by Gasteiger charge is -2.11. The number of carbonyl (C=O) groups is 1. The molecule has 1 aromatic heterocycles. The molecule has 0 bridgehead atoms. The zero-order valence-electron chi connectivity index (χ0n) is 13.1. The molecule has 0 radical (unpaired) electrons. The molecular weight excluding hydrogens is 250 g/mol. The Labute approximate surface area is 121 Å². The summed E-state index contributed by atoms with van der Waals surface area (Å²) in [5, 5.41) is 6.36. The van der Waals surface area contributed by atoms with Crippen LogP contribution in [0.1, 0.15) is 51.4 Å². The molecule has 0 aliphatic heterocycles. The normalized spacial score (nSPS) is 19.4. The number of aromatic nitrogens is 1. The Morgan fingerprint density at radius 2 is 1.95 bits per heavy atom. The summed E-state index contributed by atoms with van der Waals surface area (Å²) in [5.74, 6) is 0.628. The molecule has 1 heterocycles. The largest absolute Gasteiger partial charge is 0.369 e. The van der Waals surface area contributed by atoms with E-state index in [1.54, 1.807) is 12.3 Å². The summed E-state index contributed by atoms with van der Waals surface area (Å²) in [6.45, 7) is 11.7. The standard InChI is InChI=1S/C16H25N3O/c1-6-9-17-12-11(8-7-10-18-12)13(20)19-14-15(2,3)16(14,4)5/h7-8,10,14H,6,9H2,1-5H3,(H,17,18)(H,19,20). The number of nitrogens with zero attached hydrogens (tertiary/aromatic N) is 1. The van der Waals surface area contributed by atoms with Crippen LogP contribution >= 0.6 is 0 Å². The summed E-state index contributed by atoms with van der Waals surface area (Å²) in [5.41, 5.74) is 0.906. The fourth-order valence-corrected chi connectivity index (χ4v) is 2.74. The monoisotopic (exact) mass is 275 g/mol. The van der Waals surface area contributed by atoms with Gasteiger partial charge in [0.2, 0.25) is 0 Å². The lowest BCUT2D eigenvalue weighted by atomic mass is 10.0. The lowest BCUT2D eigenvalue weighted by molar-refractivity contribution is 0.0944. The second-order valence-corrected chi connectivity index (χ2v) is 6.68. The molecule has 0 saturated heterocycles. The Morgan fingerprint density at radius 1 is 1.30 bits per heavy atom. The Bertz CT molecular complexity index is 494. The average Bonchev–Trinajstić information content (AvgIpc) is 2.79. The van der Waals surface area contributed by atoms with Crippen LogP contribution in [0.4, 0.5) is 5.82 Å². The molecule has 0 spiro atoms. The van der Waals surface area contributed by atoms with Gasteiger partial charge in [-0.25, -0.2) is 4.98 Å². The molecule has 20 heavy (non-hydrogen) atoms. The Hall–Kier alpha value is -1.58. The molecule has 4 heteroatoms. The molecule has 2 N–H and O–H groups in total. The number of anilines is 1. The first-order valence-corrected chi connectivity index (χ1v) is 7.32. The number of pyridine rings is 1. The van der Waals surface area contributed by atoms with Crippen LogP contribution in [-0.4, -0.2) is 23.5 Å².